The highest BCUT2D eigenvalue weighted by molar-refractivity contribution is 9.08. The second-order valence-corrected chi connectivity index (χ2v) is 5.01. The molecule has 3 aromatic rings. The first-order valence-corrected chi connectivity index (χ1v) is 7.06. The van der Waals surface area contributed by atoms with Crippen LogP contribution in [-0.2, 0) is 5.33 Å². The van der Waals surface area contributed by atoms with Gasteiger partial charge in [0.25, 0.3) is 0 Å². The molecule has 0 saturated carbocycles. The Bertz CT molecular complexity index is 706. The molecule has 0 radical (unpaired) electrons. The molecule has 1 aromatic heterocycles. The number of aromatic nitrogens is 2. The summed E-state index contributed by atoms with van der Waals surface area (Å²) in [5.41, 5.74) is 4.32. The average molecular weight is 322 g/mol. The van der Waals surface area contributed by atoms with E-state index in [9.17, 15) is 0 Å². The number of halogens is 2. The molecule has 0 atom stereocenters. The van der Waals surface area contributed by atoms with Crippen molar-refractivity contribution in [1.29, 1.82) is 0 Å². The van der Waals surface area contributed by atoms with E-state index in [2.05, 4.69) is 31.5 Å². The van der Waals surface area contributed by atoms with Gasteiger partial charge in [0.05, 0.1) is 16.7 Å². The first-order chi connectivity index (χ1) is 8.79. The predicted octanol–water partition coefficient (Wildman–Crippen LogP) is 4.57. The number of para-hydroxylation sites is 2. The smallest absolute Gasteiger partial charge is 0.100 e. The van der Waals surface area contributed by atoms with Crippen LogP contribution in [-0.4, -0.2) is 9.55 Å². The van der Waals surface area contributed by atoms with E-state index in [1.54, 1.807) is 0 Å². The molecule has 0 bridgehead atoms. The molecule has 3 rings (SSSR count). The minimum absolute atomic E-state index is 0.729. The van der Waals surface area contributed by atoms with Crippen molar-refractivity contribution in [3.63, 3.8) is 0 Å². The Morgan fingerprint density at radius 3 is 2.83 bits per heavy atom. The Morgan fingerprint density at radius 1 is 1.17 bits per heavy atom. The molecule has 0 fully saturated rings. The second kappa shape index (κ2) is 4.75. The number of fused-ring (bicyclic) bond motifs is 1. The van der Waals surface area contributed by atoms with Crippen molar-refractivity contribution in [2.24, 2.45) is 0 Å². The Labute approximate surface area is 118 Å². The quantitative estimate of drug-likeness (QED) is 0.632. The fourth-order valence-corrected chi connectivity index (χ4v) is 2.67. The molecule has 1 heterocycles. The molecule has 18 heavy (non-hydrogen) atoms. The van der Waals surface area contributed by atoms with Gasteiger partial charge in [-0.1, -0.05) is 45.7 Å². The lowest BCUT2D eigenvalue weighted by atomic mass is 10.2. The van der Waals surface area contributed by atoms with Gasteiger partial charge in [0.2, 0.25) is 0 Å². The number of alkyl halides is 1. The van der Waals surface area contributed by atoms with Crippen LogP contribution in [0.3, 0.4) is 0 Å². The maximum Gasteiger partial charge on any atom is 0.100 e. The minimum atomic E-state index is 0.729. The molecule has 0 saturated heterocycles. The van der Waals surface area contributed by atoms with Crippen LogP contribution in [0.15, 0.2) is 48.8 Å². The lowest BCUT2D eigenvalue weighted by Gasteiger charge is -2.09. The summed E-state index contributed by atoms with van der Waals surface area (Å²) in [5.74, 6) is 0. The zero-order valence-corrected chi connectivity index (χ0v) is 11.8. The van der Waals surface area contributed by atoms with E-state index < -0.39 is 0 Å². The summed E-state index contributed by atoms with van der Waals surface area (Å²) in [7, 11) is 0. The summed E-state index contributed by atoms with van der Waals surface area (Å²) in [6, 6.07) is 14.0. The first-order valence-electron chi connectivity index (χ1n) is 5.56. The van der Waals surface area contributed by atoms with Crippen LogP contribution in [0.1, 0.15) is 5.56 Å². The van der Waals surface area contributed by atoms with Crippen molar-refractivity contribution in [2.45, 2.75) is 5.33 Å². The summed E-state index contributed by atoms with van der Waals surface area (Å²) >= 11 is 9.60. The maximum atomic E-state index is 6.09. The van der Waals surface area contributed by atoms with Gasteiger partial charge >= 0.3 is 0 Å². The first kappa shape index (κ1) is 11.8. The van der Waals surface area contributed by atoms with Crippen molar-refractivity contribution in [3.8, 4) is 5.69 Å². The van der Waals surface area contributed by atoms with Crippen LogP contribution in [0.5, 0.6) is 0 Å². The van der Waals surface area contributed by atoms with Crippen LogP contribution in [0, 0.1) is 0 Å². The van der Waals surface area contributed by atoms with Gasteiger partial charge in [-0.2, -0.15) is 0 Å². The molecule has 4 heteroatoms. The van der Waals surface area contributed by atoms with Gasteiger partial charge in [0.15, 0.2) is 0 Å². The van der Waals surface area contributed by atoms with Gasteiger partial charge in [0.1, 0.15) is 6.33 Å². The molecule has 2 nitrogen and oxygen atoms in total. The van der Waals surface area contributed by atoms with Gasteiger partial charge in [-0.05, 0) is 29.8 Å². The van der Waals surface area contributed by atoms with Crippen LogP contribution in [0.2, 0.25) is 5.02 Å². The van der Waals surface area contributed by atoms with Crippen molar-refractivity contribution < 1.29 is 0 Å². The van der Waals surface area contributed by atoms with Crippen molar-refractivity contribution in [1.82, 2.24) is 9.55 Å². The van der Waals surface area contributed by atoms with E-state index in [0.29, 0.717) is 0 Å². The maximum absolute atomic E-state index is 6.09. The normalized spacial score (nSPS) is 11.0. The molecule has 90 valence electrons. The molecule has 0 amide bonds. The molecule has 0 unspecified atom stereocenters. The van der Waals surface area contributed by atoms with Crippen LogP contribution >= 0.6 is 27.5 Å². The number of nitrogens with zero attached hydrogens (tertiary/aromatic N) is 2. The highest BCUT2D eigenvalue weighted by Crippen LogP contribution is 2.25. The van der Waals surface area contributed by atoms with E-state index >= 15 is 0 Å². The monoisotopic (exact) mass is 320 g/mol. The lowest BCUT2D eigenvalue weighted by Crippen LogP contribution is -1.96. The molecule has 0 spiro atoms. The van der Waals surface area contributed by atoms with Gasteiger partial charge in [0, 0.05) is 10.4 Å². The van der Waals surface area contributed by atoms with Crippen LogP contribution < -0.4 is 0 Å². The molecule has 0 aliphatic carbocycles. The predicted molar refractivity (Wildman–Crippen MR) is 78.7 cm³/mol. The molecule has 0 N–H and O–H groups in total. The summed E-state index contributed by atoms with van der Waals surface area (Å²) in [4.78, 5) is 4.40. The third-order valence-corrected chi connectivity index (χ3v) is 3.74. The number of hydrogen-bond donors (Lipinski definition) is 0. The third kappa shape index (κ3) is 1.93. The molecule has 0 aliphatic rings. The molecule has 0 aliphatic heterocycles. The van der Waals surface area contributed by atoms with Gasteiger partial charge in [-0.25, -0.2) is 4.98 Å². The standard InChI is InChI=1S/C14H10BrClN2/c15-8-10-5-6-11(16)7-14(10)18-9-17-12-3-1-2-4-13(12)18/h1-7,9H,8H2. The van der Waals surface area contributed by atoms with Gasteiger partial charge in [-0.3, -0.25) is 4.57 Å². The summed E-state index contributed by atoms with van der Waals surface area (Å²) in [6.07, 6.45) is 1.84. The van der Waals surface area contributed by atoms with E-state index in [-0.39, 0.29) is 0 Å². The Kier molecular flexibility index (Phi) is 3.10. The van der Waals surface area contributed by atoms with E-state index in [1.165, 1.54) is 5.56 Å². The summed E-state index contributed by atoms with van der Waals surface area (Å²) < 4.78 is 2.07. The van der Waals surface area contributed by atoms with Crippen LogP contribution in [0.4, 0.5) is 0 Å². The van der Waals surface area contributed by atoms with E-state index in [1.807, 2.05) is 42.7 Å². The third-order valence-electron chi connectivity index (χ3n) is 2.90. The Balaban J connectivity index is 2.29. The highest BCUT2D eigenvalue weighted by atomic mass is 79.9. The molecular formula is C14H10BrClN2. The van der Waals surface area contributed by atoms with E-state index in [0.717, 1.165) is 27.1 Å². The largest absolute Gasteiger partial charge is 0.298 e. The average Bonchev–Trinajstić information content (AvgIpc) is 2.82. The topological polar surface area (TPSA) is 17.8 Å². The minimum Gasteiger partial charge on any atom is -0.298 e. The lowest BCUT2D eigenvalue weighted by molar-refractivity contribution is 1.07. The van der Waals surface area contributed by atoms with Gasteiger partial charge in [-0.15, -0.1) is 0 Å². The fraction of sp³-hybridized carbons (Fsp3) is 0.0714. The second-order valence-electron chi connectivity index (χ2n) is 4.01. The SMILES string of the molecule is Clc1ccc(CBr)c(-n2cnc3ccccc32)c1. The van der Waals surface area contributed by atoms with Crippen molar-refractivity contribution >= 4 is 38.6 Å². The summed E-state index contributed by atoms with van der Waals surface area (Å²) in [6.45, 7) is 0. The Morgan fingerprint density at radius 2 is 2.00 bits per heavy atom. The highest BCUT2D eigenvalue weighted by Gasteiger charge is 2.08. The zero-order valence-electron chi connectivity index (χ0n) is 9.48. The van der Waals surface area contributed by atoms with Crippen LogP contribution in [0.25, 0.3) is 16.7 Å². The molecule has 2 aromatic carbocycles. The molecular weight excluding hydrogens is 312 g/mol. The fourth-order valence-electron chi connectivity index (χ4n) is 2.03. The number of hydrogen-bond acceptors (Lipinski definition) is 1. The summed E-state index contributed by atoms with van der Waals surface area (Å²) in [5, 5.41) is 1.51. The van der Waals surface area contributed by atoms with Crippen molar-refractivity contribution in [3.05, 3.63) is 59.4 Å². The Hall–Kier alpha value is -1.32. The van der Waals surface area contributed by atoms with Gasteiger partial charge < -0.3 is 0 Å². The zero-order chi connectivity index (χ0) is 12.5. The number of imidazole rings is 1. The van der Waals surface area contributed by atoms with E-state index in [4.69, 9.17) is 11.6 Å². The number of rotatable bonds is 2. The van der Waals surface area contributed by atoms with Crippen molar-refractivity contribution in [2.75, 3.05) is 0 Å². The number of benzene rings is 2.